The van der Waals surface area contributed by atoms with Crippen LogP contribution in [0.4, 0.5) is 0 Å². The highest BCUT2D eigenvalue weighted by Gasteiger charge is 2.28. The fraction of sp³-hybridized carbons (Fsp3) is 0.440. The number of nitrogens with zero attached hydrogens (tertiary/aromatic N) is 1. The molecular formula is C25H32Cl2N2O3. The van der Waals surface area contributed by atoms with Gasteiger partial charge in [-0.25, -0.2) is 0 Å². The molecular weight excluding hydrogens is 447 g/mol. The molecule has 0 heterocycles. The lowest BCUT2D eigenvalue weighted by Gasteiger charge is -2.30. The van der Waals surface area contributed by atoms with Gasteiger partial charge in [0.05, 0.1) is 0 Å². The highest BCUT2D eigenvalue weighted by Crippen LogP contribution is 2.26. The van der Waals surface area contributed by atoms with Crippen LogP contribution < -0.4 is 10.1 Å². The van der Waals surface area contributed by atoms with Gasteiger partial charge in [0.1, 0.15) is 11.8 Å². The lowest BCUT2D eigenvalue weighted by molar-refractivity contribution is -0.142. The van der Waals surface area contributed by atoms with E-state index in [0.29, 0.717) is 21.4 Å². The van der Waals surface area contributed by atoms with E-state index in [2.05, 4.69) is 19.2 Å². The number of para-hydroxylation sites is 1. The fourth-order valence-electron chi connectivity index (χ4n) is 3.19. The van der Waals surface area contributed by atoms with Crippen molar-refractivity contribution in [3.63, 3.8) is 0 Å². The first-order valence-corrected chi connectivity index (χ1v) is 11.6. The zero-order chi connectivity index (χ0) is 23.8. The van der Waals surface area contributed by atoms with Crippen molar-refractivity contribution < 1.29 is 14.3 Å². The van der Waals surface area contributed by atoms with Gasteiger partial charge in [-0.2, -0.15) is 0 Å². The fourth-order valence-corrected chi connectivity index (χ4v) is 3.66. The molecule has 7 heteroatoms. The predicted octanol–water partition coefficient (Wildman–Crippen LogP) is 5.83. The number of carbonyl (C=O) groups is 2. The van der Waals surface area contributed by atoms with Crippen molar-refractivity contribution in [2.24, 2.45) is 0 Å². The van der Waals surface area contributed by atoms with Gasteiger partial charge < -0.3 is 15.0 Å². The second kappa shape index (κ2) is 12.1. The quantitative estimate of drug-likeness (QED) is 0.467. The van der Waals surface area contributed by atoms with Crippen LogP contribution in [0.5, 0.6) is 5.75 Å². The summed E-state index contributed by atoms with van der Waals surface area (Å²) in [6, 6.07) is 12.1. The summed E-state index contributed by atoms with van der Waals surface area (Å²) in [5.41, 5.74) is 1.73. The summed E-state index contributed by atoms with van der Waals surface area (Å²) in [4.78, 5) is 27.5. The van der Waals surface area contributed by atoms with Crippen molar-refractivity contribution in [1.29, 1.82) is 0 Å². The molecule has 0 fully saturated rings. The van der Waals surface area contributed by atoms with Gasteiger partial charge in [0.15, 0.2) is 6.61 Å². The van der Waals surface area contributed by atoms with Gasteiger partial charge in [-0.3, -0.25) is 9.59 Å². The SMILES string of the molecule is CCC(C)NC(=O)C(C)N(Cc1ccc(Cl)cc1Cl)C(=O)COc1ccccc1C(C)C. The van der Waals surface area contributed by atoms with Gasteiger partial charge >= 0.3 is 0 Å². The maximum absolute atomic E-state index is 13.2. The molecule has 0 saturated carbocycles. The van der Waals surface area contributed by atoms with Crippen LogP contribution in [0.1, 0.15) is 58.1 Å². The topological polar surface area (TPSA) is 58.6 Å². The first-order chi connectivity index (χ1) is 15.1. The van der Waals surface area contributed by atoms with Gasteiger partial charge in [0.2, 0.25) is 5.91 Å². The first kappa shape index (κ1) is 26.0. The molecule has 2 aromatic rings. The Labute approximate surface area is 201 Å². The molecule has 0 bridgehead atoms. The van der Waals surface area contributed by atoms with Gasteiger partial charge in [0.25, 0.3) is 5.91 Å². The highest BCUT2D eigenvalue weighted by molar-refractivity contribution is 6.35. The van der Waals surface area contributed by atoms with Crippen LogP contribution in [0.3, 0.4) is 0 Å². The summed E-state index contributed by atoms with van der Waals surface area (Å²) in [6.07, 6.45) is 0.796. The van der Waals surface area contributed by atoms with E-state index in [1.165, 1.54) is 4.90 Å². The molecule has 0 aliphatic carbocycles. The van der Waals surface area contributed by atoms with Crippen molar-refractivity contribution in [3.05, 3.63) is 63.6 Å². The Balaban J connectivity index is 2.24. The highest BCUT2D eigenvalue weighted by atomic mass is 35.5. The molecule has 2 atom stereocenters. The van der Waals surface area contributed by atoms with Crippen LogP contribution in [0.15, 0.2) is 42.5 Å². The second-order valence-electron chi connectivity index (χ2n) is 8.23. The minimum atomic E-state index is -0.702. The Kier molecular flexibility index (Phi) is 9.85. The predicted molar refractivity (Wildman–Crippen MR) is 130 cm³/mol. The maximum atomic E-state index is 13.2. The van der Waals surface area contributed by atoms with Crippen molar-refractivity contribution in [3.8, 4) is 5.75 Å². The summed E-state index contributed by atoms with van der Waals surface area (Å²) < 4.78 is 5.88. The number of benzene rings is 2. The van der Waals surface area contributed by atoms with E-state index < -0.39 is 6.04 Å². The number of hydrogen-bond acceptors (Lipinski definition) is 3. The summed E-state index contributed by atoms with van der Waals surface area (Å²) in [6.45, 7) is 9.75. The first-order valence-electron chi connectivity index (χ1n) is 10.9. The monoisotopic (exact) mass is 478 g/mol. The van der Waals surface area contributed by atoms with E-state index in [4.69, 9.17) is 27.9 Å². The minimum absolute atomic E-state index is 0.00944. The maximum Gasteiger partial charge on any atom is 0.261 e. The van der Waals surface area contributed by atoms with E-state index >= 15 is 0 Å². The van der Waals surface area contributed by atoms with Gasteiger partial charge in [0, 0.05) is 22.6 Å². The Morgan fingerprint density at radius 1 is 1.06 bits per heavy atom. The molecule has 0 radical (unpaired) electrons. The lowest BCUT2D eigenvalue weighted by Crippen LogP contribution is -2.50. The van der Waals surface area contributed by atoms with E-state index in [-0.39, 0.29) is 36.9 Å². The van der Waals surface area contributed by atoms with Crippen LogP contribution in [0, 0.1) is 0 Å². The molecule has 2 rings (SSSR count). The average molecular weight is 479 g/mol. The van der Waals surface area contributed by atoms with Gasteiger partial charge in [-0.05, 0) is 55.5 Å². The van der Waals surface area contributed by atoms with Crippen LogP contribution in [0.25, 0.3) is 0 Å². The third-order valence-corrected chi connectivity index (χ3v) is 6.00. The van der Waals surface area contributed by atoms with Crippen LogP contribution in [-0.2, 0) is 16.1 Å². The Morgan fingerprint density at radius 3 is 2.38 bits per heavy atom. The molecule has 0 aliphatic heterocycles. The number of hydrogen-bond donors (Lipinski definition) is 1. The summed E-state index contributed by atoms with van der Waals surface area (Å²) in [5.74, 6) is 0.393. The normalized spacial score (nSPS) is 12.9. The van der Waals surface area contributed by atoms with Crippen LogP contribution >= 0.6 is 23.2 Å². The number of ether oxygens (including phenoxy) is 1. The van der Waals surface area contributed by atoms with E-state index in [0.717, 1.165) is 12.0 Å². The molecule has 0 saturated heterocycles. The smallest absolute Gasteiger partial charge is 0.261 e. The number of halogens is 2. The van der Waals surface area contributed by atoms with E-state index in [1.54, 1.807) is 25.1 Å². The summed E-state index contributed by atoms with van der Waals surface area (Å²) in [7, 11) is 0. The van der Waals surface area contributed by atoms with Crippen molar-refractivity contribution in [2.75, 3.05) is 6.61 Å². The molecule has 32 heavy (non-hydrogen) atoms. The van der Waals surface area contributed by atoms with Crippen LogP contribution in [0.2, 0.25) is 10.0 Å². The average Bonchev–Trinajstić information content (AvgIpc) is 2.76. The molecule has 174 valence electrons. The number of carbonyl (C=O) groups excluding carboxylic acids is 2. The van der Waals surface area contributed by atoms with Gasteiger partial charge in [-0.1, -0.05) is 68.2 Å². The zero-order valence-electron chi connectivity index (χ0n) is 19.3. The third-order valence-electron chi connectivity index (χ3n) is 5.42. The summed E-state index contributed by atoms with van der Waals surface area (Å²) in [5, 5.41) is 3.89. The van der Waals surface area contributed by atoms with Crippen molar-refractivity contribution in [2.45, 2.75) is 65.6 Å². The molecule has 2 amide bonds. The summed E-state index contributed by atoms with van der Waals surface area (Å²) >= 11 is 12.4. The largest absolute Gasteiger partial charge is 0.483 e. The van der Waals surface area contributed by atoms with Gasteiger partial charge in [-0.15, -0.1) is 0 Å². The molecule has 2 unspecified atom stereocenters. The number of rotatable bonds is 10. The third kappa shape index (κ3) is 7.14. The van der Waals surface area contributed by atoms with E-state index in [9.17, 15) is 9.59 Å². The van der Waals surface area contributed by atoms with E-state index in [1.807, 2.05) is 38.1 Å². The Morgan fingerprint density at radius 2 is 1.75 bits per heavy atom. The Hall–Kier alpha value is -2.24. The van der Waals surface area contributed by atoms with Crippen molar-refractivity contribution >= 4 is 35.0 Å². The Bertz CT molecular complexity index is 933. The molecule has 0 aliphatic rings. The number of nitrogens with one attached hydrogen (secondary N) is 1. The lowest BCUT2D eigenvalue weighted by atomic mass is 10.0. The molecule has 0 spiro atoms. The standard InChI is InChI=1S/C25H32Cl2N2O3/c1-6-17(4)28-25(31)18(5)29(14-19-11-12-20(26)13-22(19)27)24(30)15-32-23-10-8-7-9-21(23)16(2)3/h7-13,16-18H,6,14-15H2,1-5H3,(H,28,31). The van der Waals surface area contributed by atoms with Crippen LogP contribution in [-0.4, -0.2) is 35.4 Å². The minimum Gasteiger partial charge on any atom is -0.483 e. The molecule has 5 nitrogen and oxygen atoms in total. The molecule has 2 aromatic carbocycles. The second-order valence-corrected chi connectivity index (χ2v) is 9.08. The number of amides is 2. The molecule has 1 N–H and O–H groups in total. The zero-order valence-corrected chi connectivity index (χ0v) is 20.8. The van der Waals surface area contributed by atoms with Crippen molar-refractivity contribution in [1.82, 2.24) is 10.2 Å². The molecule has 0 aromatic heterocycles.